The summed E-state index contributed by atoms with van der Waals surface area (Å²) in [5.41, 5.74) is 5.68. The first-order valence-electron chi connectivity index (χ1n) is 5.40. The number of primary amides is 1. The van der Waals surface area contributed by atoms with E-state index in [1.54, 1.807) is 0 Å². The van der Waals surface area contributed by atoms with Gasteiger partial charge in [-0.1, -0.05) is 20.8 Å². The molecule has 0 radical (unpaired) electrons. The van der Waals surface area contributed by atoms with Crippen LogP contribution in [0.2, 0.25) is 0 Å². The number of carbonyl (C=O) groups excluding carboxylic acids is 1. The topological polar surface area (TPSA) is 55.1 Å². The van der Waals surface area contributed by atoms with Crippen LogP contribution in [0.4, 0.5) is 0 Å². The summed E-state index contributed by atoms with van der Waals surface area (Å²) in [7, 11) is 0. The third-order valence-electron chi connectivity index (χ3n) is 2.85. The summed E-state index contributed by atoms with van der Waals surface area (Å²) >= 11 is 0. The van der Waals surface area contributed by atoms with Crippen LogP contribution in [-0.2, 0) is 4.79 Å². The monoisotopic (exact) mass is 198 g/mol. The average Bonchev–Trinajstić information content (AvgIpc) is 2.01. The molecular formula is C11H22N2O. The summed E-state index contributed by atoms with van der Waals surface area (Å²) in [4.78, 5) is 11.2. The Labute approximate surface area is 86.4 Å². The van der Waals surface area contributed by atoms with Crippen LogP contribution >= 0.6 is 0 Å². The maximum Gasteiger partial charge on any atom is 0.220 e. The molecular weight excluding hydrogens is 176 g/mol. The van der Waals surface area contributed by atoms with Gasteiger partial charge < -0.3 is 11.1 Å². The van der Waals surface area contributed by atoms with E-state index < -0.39 is 0 Å². The molecule has 0 bridgehead atoms. The molecule has 2 atom stereocenters. The zero-order chi connectivity index (χ0) is 10.8. The lowest BCUT2D eigenvalue weighted by atomic mass is 9.75. The van der Waals surface area contributed by atoms with Gasteiger partial charge in [0, 0.05) is 5.92 Å². The fourth-order valence-electron chi connectivity index (χ4n) is 2.30. The number of piperidine rings is 1. The van der Waals surface area contributed by atoms with E-state index in [4.69, 9.17) is 5.73 Å². The number of nitrogens with one attached hydrogen (secondary N) is 1. The first-order valence-corrected chi connectivity index (χ1v) is 5.40. The molecule has 1 rings (SSSR count). The maximum absolute atomic E-state index is 11.2. The third-order valence-corrected chi connectivity index (χ3v) is 2.85. The molecule has 14 heavy (non-hydrogen) atoms. The molecule has 2 unspecified atom stereocenters. The number of hydrogen-bond acceptors (Lipinski definition) is 2. The largest absolute Gasteiger partial charge is 0.369 e. The fraction of sp³-hybridized carbons (Fsp3) is 0.909. The van der Waals surface area contributed by atoms with Crippen molar-refractivity contribution in [2.75, 3.05) is 13.1 Å². The Morgan fingerprint density at radius 3 is 2.64 bits per heavy atom. The number of amides is 1. The summed E-state index contributed by atoms with van der Waals surface area (Å²) in [6.07, 6.45) is 1.96. The lowest BCUT2D eigenvalue weighted by Gasteiger charge is -2.34. The summed E-state index contributed by atoms with van der Waals surface area (Å²) in [6, 6.07) is 0. The van der Waals surface area contributed by atoms with Crippen LogP contribution < -0.4 is 11.1 Å². The number of nitrogens with two attached hydrogens (primary N) is 1. The van der Waals surface area contributed by atoms with Crippen molar-refractivity contribution in [3.8, 4) is 0 Å². The minimum absolute atomic E-state index is 0.0791. The van der Waals surface area contributed by atoms with Gasteiger partial charge in [0.1, 0.15) is 0 Å². The summed E-state index contributed by atoms with van der Waals surface area (Å²) in [5, 5.41) is 3.33. The highest BCUT2D eigenvalue weighted by Gasteiger charge is 2.31. The molecule has 3 heteroatoms. The molecule has 0 aromatic carbocycles. The van der Waals surface area contributed by atoms with Crippen molar-refractivity contribution in [3.63, 3.8) is 0 Å². The van der Waals surface area contributed by atoms with E-state index in [1.165, 1.54) is 0 Å². The first-order chi connectivity index (χ1) is 6.40. The van der Waals surface area contributed by atoms with Crippen molar-refractivity contribution in [1.82, 2.24) is 5.32 Å². The van der Waals surface area contributed by atoms with Crippen LogP contribution in [0, 0.1) is 17.3 Å². The maximum atomic E-state index is 11.2. The minimum atomic E-state index is -0.124. The quantitative estimate of drug-likeness (QED) is 0.699. The average molecular weight is 198 g/mol. The zero-order valence-corrected chi connectivity index (χ0v) is 9.47. The smallest absolute Gasteiger partial charge is 0.220 e. The molecule has 1 fully saturated rings. The summed E-state index contributed by atoms with van der Waals surface area (Å²) < 4.78 is 0. The van der Waals surface area contributed by atoms with E-state index in [-0.39, 0.29) is 17.2 Å². The minimum Gasteiger partial charge on any atom is -0.369 e. The predicted octanol–water partition coefficient (Wildman–Crippen LogP) is 1.13. The van der Waals surface area contributed by atoms with Gasteiger partial charge in [-0.15, -0.1) is 0 Å². The van der Waals surface area contributed by atoms with Crippen LogP contribution in [0.15, 0.2) is 0 Å². The molecule has 0 aromatic rings. The molecule has 1 amide bonds. The molecule has 3 N–H and O–H groups in total. The second-order valence-corrected chi connectivity index (χ2v) is 5.53. The van der Waals surface area contributed by atoms with Crippen molar-refractivity contribution in [1.29, 1.82) is 0 Å². The summed E-state index contributed by atoms with van der Waals surface area (Å²) in [5.74, 6) is 0.373. The molecule has 1 heterocycles. The third kappa shape index (κ3) is 3.29. The Morgan fingerprint density at radius 2 is 2.14 bits per heavy atom. The molecule has 0 spiro atoms. The SMILES string of the molecule is CC(C)(C)CC1CNCCC1C(N)=O. The Bertz CT molecular complexity index is 208. The molecule has 1 saturated heterocycles. The lowest BCUT2D eigenvalue weighted by Crippen LogP contribution is -2.43. The molecule has 0 aromatic heterocycles. The second-order valence-electron chi connectivity index (χ2n) is 5.53. The van der Waals surface area contributed by atoms with Crippen molar-refractivity contribution in [2.24, 2.45) is 23.0 Å². The van der Waals surface area contributed by atoms with Crippen LogP contribution in [0.1, 0.15) is 33.6 Å². The van der Waals surface area contributed by atoms with Crippen molar-refractivity contribution >= 4 is 5.91 Å². The molecule has 3 nitrogen and oxygen atoms in total. The normalized spacial score (nSPS) is 28.8. The molecule has 0 aliphatic carbocycles. The van der Waals surface area contributed by atoms with Crippen LogP contribution in [-0.4, -0.2) is 19.0 Å². The Morgan fingerprint density at radius 1 is 1.50 bits per heavy atom. The Hall–Kier alpha value is -0.570. The highest BCUT2D eigenvalue weighted by Crippen LogP contribution is 2.31. The fourth-order valence-corrected chi connectivity index (χ4v) is 2.30. The molecule has 1 aliphatic heterocycles. The van der Waals surface area contributed by atoms with E-state index in [9.17, 15) is 4.79 Å². The van der Waals surface area contributed by atoms with E-state index in [1.807, 2.05) is 0 Å². The van der Waals surface area contributed by atoms with E-state index in [0.29, 0.717) is 5.92 Å². The van der Waals surface area contributed by atoms with Gasteiger partial charge in [0.05, 0.1) is 0 Å². The lowest BCUT2D eigenvalue weighted by molar-refractivity contribution is -0.124. The molecule has 0 saturated carbocycles. The van der Waals surface area contributed by atoms with Crippen LogP contribution in [0.5, 0.6) is 0 Å². The van der Waals surface area contributed by atoms with Crippen LogP contribution in [0.25, 0.3) is 0 Å². The highest BCUT2D eigenvalue weighted by molar-refractivity contribution is 5.77. The summed E-state index contributed by atoms with van der Waals surface area (Å²) in [6.45, 7) is 8.48. The Balaban J connectivity index is 2.59. The van der Waals surface area contributed by atoms with E-state index in [2.05, 4.69) is 26.1 Å². The molecule has 82 valence electrons. The van der Waals surface area contributed by atoms with Gasteiger partial charge in [0.25, 0.3) is 0 Å². The van der Waals surface area contributed by atoms with Crippen LogP contribution in [0.3, 0.4) is 0 Å². The number of hydrogen-bond donors (Lipinski definition) is 2. The number of rotatable bonds is 2. The Kier molecular flexibility index (Phi) is 3.53. The highest BCUT2D eigenvalue weighted by atomic mass is 16.1. The van der Waals surface area contributed by atoms with Gasteiger partial charge in [-0.3, -0.25) is 4.79 Å². The van der Waals surface area contributed by atoms with Gasteiger partial charge in [-0.25, -0.2) is 0 Å². The van der Waals surface area contributed by atoms with E-state index in [0.717, 1.165) is 25.9 Å². The van der Waals surface area contributed by atoms with Gasteiger partial charge >= 0.3 is 0 Å². The van der Waals surface area contributed by atoms with Gasteiger partial charge in [-0.2, -0.15) is 0 Å². The predicted molar refractivity (Wildman–Crippen MR) is 57.7 cm³/mol. The van der Waals surface area contributed by atoms with Gasteiger partial charge in [0.2, 0.25) is 5.91 Å². The standard InChI is InChI=1S/C11H22N2O/c1-11(2,3)6-8-7-13-5-4-9(8)10(12)14/h8-9,13H,4-7H2,1-3H3,(H2,12,14). The van der Waals surface area contributed by atoms with Crippen molar-refractivity contribution in [3.05, 3.63) is 0 Å². The number of carbonyl (C=O) groups is 1. The zero-order valence-electron chi connectivity index (χ0n) is 9.47. The van der Waals surface area contributed by atoms with Gasteiger partial charge in [-0.05, 0) is 37.3 Å². The van der Waals surface area contributed by atoms with Crippen molar-refractivity contribution < 1.29 is 4.79 Å². The first kappa shape index (κ1) is 11.5. The van der Waals surface area contributed by atoms with Gasteiger partial charge in [0.15, 0.2) is 0 Å². The van der Waals surface area contributed by atoms with Crippen molar-refractivity contribution in [2.45, 2.75) is 33.6 Å². The van der Waals surface area contributed by atoms with E-state index >= 15 is 0 Å². The molecule has 1 aliphatic rings. The second kappa shape index (κ2) is 4.30.